The molecule has 0 atom stereocenters. The van der Waals surface area contributed by atoms with Gasteiger partial charge in [-0.1, -0.05) is 346 Å². The van der Waals surface area contributed by atoms with Crippen molar-refractivity contribution in [3.8, 4) is 34.5 Å². The smallest absolute Gasteiger partial charge is 0.338 e. The number of esters is 1. The molecule has 11 heteroatoms. The minimum atomic E-state index is -0.553. The van der Waals surface area contributed by atoms with Crippen LogP contribution in [0.15, 0.2) is 84.9 Å². The fraction of sp³-hybridized carbons (Fsp3) is 0.716. The predicted octanol–water partition coefficient (Wildman–Crippen LogP) is 25.5. The molecule has 0 spiro atoms. The van der Waals surface area contributed by atoms with Crippen molar-refractivity contribution in [2.24, 2.45) is 0 Å². The van der Waals surface area contributed by atoms with Gasteiger partial charge < -0.3 is 47.7 Å². The van der Waals surface area contributed by atoms with Crippen LogP contribution in [-0.4, -0.2) is 70.5 Å². The average Bonchev–Trinajstić information content (AvgIpc) is 0.814. The minimum absolute atomic E-state index is 0.0322. The van der Waals surface area contributed by atoms with Gasteiger partial charge in [-0.3, -0.25) is 0 Å². The summed E-state index contributed by atoms with van der Waals surface area (Å²) in [5, 5.41) is 9.05. The third kappa shape index (κ3) is 47.8. The molecule has 0 aromatic heterocycles. The topological polar surface area (TPSA) is 120 Å². The molecule has 0 aliphatic heterocycles. The summed E-state index contributed by atoms with van der Waals surface area (Å²) in [6, 6.07) is 27.5. The first-order valence-corrected chi connectivity index (χ1v) is 41.2. The van der Waals surface area contributed by atoms with E-state index < -0.39 is 5.97 Å². The lowest BCUT2D eigenvalue weighted by atomic mass is 10.0. The first-order chi connectivity index (χ1) is 49.0. The molecule has 4 aromatic rings. The van der Waals surface area contributed by atoms with E-state index in [-0.39, 0.29) is 51.8 Å². The van der Waals surface area contributed by atoms with Gasteiger partial charge >= 0.3 is 5.97 Å². The number of aliphatic hydroxyl groups is 1. The molecule has 0 heterocycles. The molecule has 562 valence electrons. The molecule has 0 aliphatic rings. The Kier molecular flexibility index (Phi) is 55.8. The Labute approximate surface area is 605 Å². The van der Waals surface area contributed by atoms with Gasteiger partial charge in [-0.05, 0) is 84.5 Å². The number of hydrogen-bond donors (Lipinski definition) is 1. The van der Waals surface area contributed by atoms with E-state index in [4.69, 9.17) is 47.7 Å². The van der Waals surface area contributed by atoms with Gasteiger partial charge in [0.05, 0.1) is 58.4 Å². The van der Waals surface area contributed by atoms with Crippen LogP contribution in [0.25, 0.3) is 0 Å². The molecule has 0 saturated heterocycles. The average molecular weight is 1380 g/mol. The maximum atomic E-state index is 13.9. The van der Waals surface area contributed by atoms with Crippen molar-refractivity contribution in [3.63, 3.8) is 0 Å². The van der Waals surface area contributed by atoms with Gasteiger partial charge in [-0.15, -0.1) is 0 Å². The van der Waals surface area contributed by atoms with E-state index in [0.717, 1.165) is 53.2 Å². The summed E-state index contributed by atoms with van der Waals surface area (Å²) >= 11 is 0. The number of aliphatic hydroxyl groups excluding tert-OH is 1. The number of hydrogen-bond acceptors (Lipinski definition) is 11. The summed E-state index contributed by atoms with van der Waals surface area (Å²) in [6.45, 7) is 10.6. The fourth-order valence-electron chi connectivity index (χ4n) is 12.8. The van der Waals surface area contributed by atoms with Gasteiger partial charge in [-0.2, -0.15) is 0 Å². The van der Waals surface area contributed by atoms with E-state index >= 15 is 0 Å². The number of carbonyl (C=O) groups excluding carboxylic acids is 1. The Balaban J connectivity index is 1.33. The number of unbranched alkanes of at least 4 members (excludes halogenated alkanes) is 45. The van der Waals surface area contributed by atoms with Crippen LogP contribution >= 0.6 is 0 Å². The van der Waals surface area contributed by atoms with Gasteiger partial charge in [0.25, 0.3) is 0 Å². The number of ether oxygens (including phenoxy) is 9. The number of carbonyl (C=O) groups is 1. The third-order valence-corrected chi connectivity index (χ3v) is 19.1. The van der Waals surface area contributed by atoms with E-state index in [2.05, 4.69) is 20.8 Å². The first-order valence-electron chi connectivity index (χ1n) is 41.2. The van der Waals surface area contributed by atoms with E-state index in [1.54, 1.807) is 12.1 Å². The second kappa shape index (κ2) is 63.9. The zero-order chi connectivity index (χ0) is 70.0. The normalized spacial score (nSPS) is 11.4. The van der Waals surface area contributed by atoms with Gasteiger partial charge in [0.2, 0.25) is 5.75 Å². The lowest BCUT2D eigenvalue weighted by Crippen LogP contribution is -2.14. The maximum Gasteiger partial charge on any atom is 0.338 e. The van der Waals surface area contributed by atoms with Crippen molar-refractivity contribution >= 4 is 5.97 Å². The zero-order valence-corrected chi connectivity index (χ0v) is 63.5. The quantitative estimate of drug-likeness (QED) is 0.0336. The van der Waals surface area contributed by atoms with Crippen molar-refractivity contribution < 1.29 is 52.5 Å². The van der Waals surface area contributed by atoms with Crippen molar-refractivity contribution in [2.45, 2.75) is 349 Å². The van der Waals surface area contributed by atoms with Gasteiger partial charge in [0.15, 0.2) is 11.5 Å². The summed E-state index contributed by atoms with van der Waals surface area (Å²) in [5.41, 5.74) is 3.05. The molecule has 0 fully saturated rings. The minimum Gasteiger partial charge on any atom is -0.494 e. The van der Waals surface area contributed by atoms with Crippen molar-refractivity contribution in [1.29, 1.82) is 0 Å². The fourth-order valence-corrected chi connectivity index (χ4v) is 12.8. The number of benzene rings is 4. The van der Waals surface area contributed by atoms with E-state index in [0.29, 0.717) is 50.3 Å². The third-order valence-electron chi connectivity index (χ3n) is 19.1. The first kappa shape index (κ1) is 86.4. The second-order valence-corrected chi connectivity index (χ2v) is 28.1. The molecule has 0 unspecified atom stereocenters. The standard InChI is InChI=1S/C88H144O11/c1-4-7-10-13-16-19-22-25-28-31-34-37-40-43-46-49-65-93-82-58-52-78(53-59-82)75-97-85-73-81(88(90)96-72-71-92-70-69-91-68-64-89)74-86(98-76-79-54-60-83(61-55-79)94-66-50-47-44-41-38-35-32-29-26-23-20-17-14-11-8-5-2)87(85)99-77-80-56-62-84(63-57-80)95-67-51-48-45-42-39-36-33-30-27-24-21-18-15-12-9-6-3/h52-63,73-74,89H,4-51,64-72,75-77H2,1-3H3. The van der Waals surface area contributed by atoms with Gasteiger partial charge in [0.1, 0.15) is 43.7 Å². The molecular formula is C88H144O11. The highest BCUT2D eigenvalue weighted by molar-refractivity contribution is 5.91. The summed E-state index contributed by atoms with van der Waals surface area (Å²) in [7, 11) is 0. The molecule has 4 rings (SSSR count). The Bertz CT molecular complexity index is 2300. The van der Waals surface area contributed by atoms with Crippen molar-refractivity contribution in [3.05, 3.63) is 107 Å². The highest BCUT2D eigenvalue weighted by Gasteiger charge is 2.21. The van der Waals surface area contributed by atoms with Crippen LogP contribution in [0.4, 0.5) is 0 Å². The molecule has 99 heavy (non-hydrogen) atoms. The molecule has 0 aliphatic carbocycles. The maximum absolute atomic E-state index is 13.9. The highest BCUT2D eigenvalue weighted by atomic mass is 16.6. The van der Waals surface area contributed by atoms with E-state index in [1.165, 1.54) is 289 Å². The van der Waals surface area contributed by atoms with Crippen LogP contribution in [0.2, 0.25) is 0 Å². The Morgan fingerprint density at radius 2 is 0.515 bits per heavy atom. The van der Waals surface area contributed by atoms with Crippen molar-refractivity contribution in [1.82, 2.24) is 0 Å². The van der Waals surface area contributed by atoms with Gasteiger partial charge in [-0.25, -0.2) is 4.79 Å². The van der Waals surface area contributed by atoms with E-state index in [1.807, 2.05) is 72.8 Å². The van der Waals surface area contributed by atoms with Crippen LogP contribution in [0.1, 0.15) is 356 Å². The Morgan fingerprint density at radius 1 is 0.273 bits per heavy atom. The monoisotopic (exact) mass is 1380 g/mol. The highest BCUT2D eigenvalue weighted by Crippen LogP contribution is 2.41. The molecule has 11 nitrogen and oxygen atoms in total. The molecule has 4 aromatic carbocycles. The SMILES string of the molecule is CCCCCCCCCCCCCCCCCCOc1ccc(COc2cc(C(=O)OCCOCCOCCO)cc(OCc3ccc(OCCCCCCCCCCCCCCCCCC)cc3)c2OCc2ccc(OCCCCCCCCCCCCCCCCCC)cc2)cc1. The van der Waals surface area contributed by atoms with E-state index in [9.17, 15) is 4.79 Å². The second-order valence-electron chi connectivity index (χ2n) is 28.1. The Morgan fingerprint density at radius 3 is 0.788 bits per heavy atom. The molecule has 0 bridgehead atoms. The number of rotatable bonds is 72. The van der Waals surface area contributed by atoms with Crippen LogP contribution in [0.5, 0.6) is 34.5 Å². The lowest BCUT2D eigenvalue weighted by molar-refractivity contribution is 0.00915. The van der Waals surface area contributed by atoms with Crippen LogP contribution < -0.4 is 28.4 Å². The Hall–Kier alpha value is -4.97. The van der Waals surface area contributed by atoms with Gasteiger partial charge in [0, 0.05) is 0 Å². The summed E-state index contributed by atoms with van der Waals surface area (Å²) < 4.78 is 55.3. The van der Waals surface area contributed by atoms with Crippen molar-refractivity contribution in [2.75, 3.05) is 59.5 Å². The molecule has 0 radical (unpaired) electrons. The molecule has 1 N–H and O–H groups in total. The largest absolute Gasteiger partial charge is 0.494 e. The summed E-state index contributed by atoms with van der Waals surface area (Å²) in [6.07, 6.45) is 64.4. The van der Waals surface area contributed by atoms with Crippen LogP contribution in [0.3, 0.4) is 0 Å². The summed E-state index contributed by atoms with van der Waals surface area (Å²) in [5.74, 6) is 3.01. The van der Waals surface area contributed by atoms with Crippen LogP contribution in [0, 0.1) is 0 Å². The zero-order valence-electron chi connectivity index (χ0n) is 63.5. The lowest BCUT2D eigenvalue weighted by Gasteiger charge is -2.19. The molecule has 0 amide bonds. The van der Waals surface area contributed by atoms with Crippen LogP contribution in [-0.2, 0) is 34.0 Å². The molecular weight excluding hydrogens is 1230 g/mol. The molecule has 0 saturated carbocycles. The predicted molar refractivity (Wildman–Crippen MR) is 413 cm³/mol. The summed E-state index contributed by atoms with van der Waals surface area (Å²) in [4.78, 5) is 13.9.